The molecule has 0 saturated carbocycles. The number of rotatable bonds is 9. The number of amides is 1. The van der Waals surface area contributed by atoms with Crippen LogP contribution in [0.25, 0.3) is 0 Å². The van der Waals surface area contributed by atoms with E-state index in [9.17, 15) is 4.79 Å². The van der Waals surface area contributed by atoms with Crippen molar-refractivity contribution in [3.63, 3.8) is 0 Å². The minimum absolute atomic E-state index is 0.00202. The summed E-state index contributed by atoms with van der Waals surface area (Å²) in [6, 6.07) is 20.5. The summed E-state index contributed by atoms with van der Waals surface area (Å²) in [6.45, 7) is 2.97. The number of hydrogen-bond acceptors (Lipinski definition) is 4. The molecule has 0 aliphatic carbocycles. The largest absolute Gasteiger partial charge is 0.497 e. The standard InChI is InChI=1S/C23H26N2O2S/c1-17-5-9-19(10-6-17)23(21-4-3-15-28-21)25-16-22(26)24-14-13-18-7-11-20(27-2)12-8-18/h3-12,15,23,25H,13-14,16H2,1-2H3,(H,24,26)/t23-/m1/s1. The average Bonchev–Trinajstić information content (AvgIpc) is 3.24. The van der Waals surface area contributed by atoms with Crippen molar-refractivity contribution in [2.75, 3.05) is 20.2 Å². The molecule has 0 bridgehead atoms. The Kier molecular flexibility index (Phi) is 7.23. The molecule has 1 atom stereocenters. The Morgan fingerprint density at radius 3 is 2.46 bits per heavy atom. The van der Waals surface area contributed by atoms with Crippen LogP contribution in [-0.2, 0) is 11.2 Å². The van der Waals surface area contributed by atoms with Crippen LogP contribution >= 0.6 is 11.3 Å². The molecule has 0 aliphatic heterocycles. The van der Waals surface area contributed by atoms with Gasteiger partial charge in [-0.3, -0.25) is 10.1 Å². The Hall–Kier alpha value is -2.63. The van der Waals surface area contributed by atoms with Gasteiger partial charge in [0.15, 0.2) is 0 Å². The van der Waals surface area contributed by atoms with Crippen molar-refractivity contribution in [3.8, 4) is 5.75 Å². The number of thiophene rings is 1. The molecule has 1 aromatic heterocycles. The fourth-order valence-corrected chi connectivity index (χ4v) is 3.82. The topological polar surface area (TPSA) is 50.4 Å². The zero-order valence-corrected chi connectivity index (χ0v) is 17.1. The number of aryl methyl sites for hydroxylation is 1. The second-order valence-corrected chi connectivity index (χ2v) is 7.67. The first-order chi connectivity index (χ1) is 13.7. The lowest BCUT2D eigenvalue weighted by Gasteiger charge is -2.18. The van der Waals surface area contributed by atoms with Gasteiger partial charge in [0, 0.05) is 11.4 Å². The van der Waals surface area contributed by atoms with Crippen LogP contribution in [0.3, 0.4) is 0 Å². The maximum absolute atomic E-state index is 12.3. The van der Waals surface area contributed by atoms with Crippen molar-refractivity contribution in [1.29, 1.82) is 0 Å². The van der Waals surface area contributed by atoms with Gasteiger partial charge in [-0.2, -0.15) is 0 Å². The highest BCUT2D eigenvalue weighted by Gasteiger charge is 2.16. The molecule has 2 aromatic carbocycles. The smallest absolute Gasteiger partial charge is 0.233 e. The van der Waals surface area contributed by atoms with Gasteiger partial charge in [-0.05, 0) is 48.1 Å². The maximum atomic E-state index is 12.3. The van der Waals surface area contributed by atoms with Crippen LogP contribution < -0.4 is 15.4 Å². The Morgan fingerprint density at radius 2 is 1.82 bits per heavy atom. The van der Waals surface area contributed by atoms with Gasteiger partial charge >= 0.3 is 0 Å². The Labute approximate surface area is 170 Å². The Bertz CT molecular complexity index is 859. The third kappa shape index (κ3) is 5.68. The lowest BCUT2D eigenvalue weighted by Crippen LogP contribution is -2.36. The summed E-state index contributed by atoms with van der Waals surface area (Å²) in [6.07, 6.45) is 0.794. The van der Waals surface area contributed by atoms with Crippen molar-refractivity contribution in [3.05, 3.63) is 87.6 Å². The van der Waals surface area contributed by atoms with E-state index in [1.54, 1.807) is 18.4 Å². The summed E-state index contributed by atoms with van der Waals surface area (Å²) < 4.78 is 5.16. The number of nitrogens with one attached hydrogen (secondary N) is 2. The molecular formula is C23H26N2O2S. The summed E-state index contributed by atoms with van der Waals surface area (Å²) in [5.74, 6) is 0.842. The molecule has 4 nitrogen and oxygen atoms in total. The highest BCUT2D eigenvalue weighted by Crippen LogP contribution is 2.26. The lowest BCUT2D eigenvalue weighted by molar-refractivity contribution is -0.120. The zero-order chi connectivity index (χ0) is 19.8. The highest BCUT2D eigenvalue weighted by atomic mass is 32.1. The van der Waals surface area contributed by atoms with Crippen LogP contribution in [-0.4, -0.2) is 26.1 Å². The van der Waals surface area contributed by atoms with E-state index in [1.807, 2.05) is 30.3 Å². The van der Waals surface area contributed by atoms with Crippen LogP contribution in [0.1, 0.15) is 27.6 Å². The molecule has 0 saturated heterocycles. The van der Waals surface area contributed by atoms with Crippen LogP contribution in [0, 0.1) is 6.92 Å². The van der Waals surface area contributed by atoms with E-state index in [4.69, 9.17) is 4.74 Å². The summed E-state index contributed by atoms with van der Waals surface area (Å²) in [4.78, 5) is 13.5. The molecule has 3 aromatic rings. The van der Waals surface area contributed by atoms with E-state index in [1.165, 1.54) is 21.6 Å². The van der Waals surface area contributed by atoms with Crippen molar-refractivity contribution in [2.24, 2.45) is 0 Å². The molecule has 0 radical (unpaired) electrons. The minimum atomic E-state index is 0.00202. The number of carbonyl (C=O) groups excluding carboxylic acids is 1. The molecule has 0 spiro atoms. The highest BCUT2D eigenvalue weighted by molar-refractivity contribution is 7.10. The van der Waals surface area contributed by atoms with E-state index in [0.29, 0.717) is 6.54 Å². The van der Waals surface area contributed by atoms with Gasteiger partial charge in [0.05, 0.1) is 19.7 Å². The van der Waals surface area contributed by atoms with E-state index in [2.05, 4.69) is 53.3 Å². The summed E-state index contributed by atoms with van der Waals surface area (Å²) >= 11 is 1.70. The first-order valence-electron chi connectivity index (χ1n) is 9.38. The monoisotopic (exact) mass is 394 g/mol. The first kappa shape index (κ1) is 20.1. The Balaban J connectivity index is 1.51. The van der Waals surface area contributed by atoms with Crippen molar-refractivity contribution in [2.45, 2.75) is 19.4 Å². The Morgan fingerprint density at radius 1 is 1.07 bits per heavy atom. The molecule has 2 N–H and O–H groups in total. The summed E-state index contributed by atoms with van der Waals surface area (Å²) in [5.41, 5.74) is 3.56. The van der Waals surface area contributed by atoms with Crippen LogP contribution in [0.2, 0.25) is 0 Å². The number of methoxy groups -OCH3 is 1. The predicted molar refractivity (Wildman–Crippen MR) is 115 cm³/mol. The predicted octanol–water partition coefficient (Wildman–Crippen LogP) is 4.10. The van der Waals surface area contributed by atoms with Crippen molar-refractivity contribution in [1.82, 2.24) is 10.6 Å². The number of benzene rings is 2. The van der Waals surface area contributed by atoms with Gasteiger partial charge in [0.25, 0.3) is 0 Å². The quantitative estimate of drug-likeness (QED) is 0.574. The van der Waals surface area contributed by atoms with E-state index < -0.39 is 0 Å². The first-order valence-corrected chi connectivity index (χ1v) is 10.3. The van der Waals surface area contributed by atoms with E-state index in [0.717, 1.165) is 12.2 Å². The summed E-state index contributed by atoms with van der Waals surface area (Å²) in [7, 11) is 1.66. The number of carbonyl (C=O) groups is 1. The van der Waals surface area contributed by atoms with Gasteiger partial charge in [0.2, 0.25) is 5.91 Å². The number of ether oxygens (including phenoxy) is 1. The molecular weight excluding hydrogens is 368 g/mol. The molecule has 1 amide bonds. The van der Waals surface area contributed by atoms with Crippen molar-refractivity contribution < 1.29 is 9.53 Å². The molecule has 0 aliphatic rings. The SMILES string of the molecule is COc1ccc(CCNC(=O)CN[C@H](c2ccc(C)cc2)c2cccs2)cc1. The van der Waals surface area contributed by atoms with Gasteiger partial charge in [-0.15, -0.1) is 11.3 Å². The second kappa shape index (κ2) is 10.1. The van der Waals surface area contributed by atoms with Crippen LogP contribution in [0.5, 0.6) is 5.75 Å². The van der Waals surface area contributed by atoms with E-state index >= 15 is 0 Å². The summed E-state index contributed by atoms with van der Waals surface area (Å²) in [5, 5.41) is 8.46. The minimum Gasteiger partial charge on any atom is -0.497 e. The van der Waals surface area contributed by atoms with Gasteiger partial charge in [-0.25, -0.2) is 0 Å². The van der Waals surface area contributed by atoms with Crippen LogP contribution in [0.15, 0.2) is 66.0 Å². The normalized spacial score (nSPS) is 11.8. The zero-order valence-electron chi connectivity index (χ0n) is 16.3. The van der Waals surface area contributed by atoms with Crippen LogP contribution in [0.4, 0.5) is 0 Å². The molecule has 3 rings (SSSR count). The fourth-order valence-electron chi connectivity index (χ4n) is 2.99. The molecule has 0 unspecified atom stereocenters. The maximum Gasteiger partial charge on any atom is 0.233 e. The van der Waals surface area contributed by atoms with E-state index in [-0.39, 0.29) is 18.5 Å². The average molecular weight is 395 g/mol. The second-order valence-electron chi connectivity index (χ2n) is 6.69. The van der Waals surface area contributed by atoms with Gasteiger partial charge in [-0.1, -0.05) is 48.0 Å². The van der Waals surface area contributed by atoms with Gasteiger partial charge in [0.1, 0.15) is 5.75 Å². The molecule has 5 heteroatoms. The van der Waals surface area contributed by atoms with Crippen molar-refractivity contribution >= 4 is 17.2 Å². The fraction of sp³-hybridized carbons (Fsp3) is 0.261. The number of hydrogen-bond donors (Lipinski definition) is 2. The lowest BCUT2D eigenvalue weighted by atomic mass is 10.0. The molecule has 0 fully saturated rings. The molecule has 28 heavy (non-hydrogen) atoms. The third-order valence-corrected chi connectivity index (χ3v) is 5.54. The molecule has 1 heterocycles. The third-order valence-electron chi connectivity index (χ3n) is 4.60. The van der Waals surface area contributed by atoms with Gasteiger partial charge < -0.3 is 10.1 Å². The molecule has 146 valence electrons.